The van der Waals surface area contributed by atoms with Gasteiger partial charge < -0.3 is 10.0 Å². The van der Waals surface area contributed by atoms with Crippen LogP contribution in [0, 0.1) is 11.8 Å². The third-order valence-corrected chi connectivity index (χ3v) is 9.34. The molecule has 3 fully saturated rings. The SMILES string of the molecule is OC1(CC2CCN(CC3CN(Cc4ccc(Cl)cc4Cl)CC3c3ccsc3)CC2)CCC1. The maximum absolute atomic E-state index is 10.5. The summed E-state index contributed by atoms with van der Waals surface area (Å²) >= 11 is 14.4. The number of piperidine rings is 1. The van der Waals surface area contributed by atoms with Gasteiger partial charge in [-0.1, -0.05) is 29.3 Å². The summed E-state index contributed by atoms with van der Waals surface area (Å²) in [6.07, 6.45) is 6.75. The summed E-state index contributed by atoms with van der Waals surface area (Å²) < 4.78 is 0. The minimum Gasteiger partial charge on any atom is -0.390 e. The number of rotatable bonds is 7. The number of hydrogen-bond acceptors (Lipinski definition) is 4. The number of hydrogen-bond donors (Lipinski definition) is 1. The highest BCUT2D eigenvalue weighted by molar-refractivity contribution is 7.08. The van der Waals surface area contributed by atoms with Gasteiger partial charge in [-0.05, 0) is 104 Å². The summed E-state index contributed by atoms with van der Waals surface area (Å²) in [4.78, 5) is 5.26. The van der Waals surface area contributed by atoms with Gasteiger partial charge in [-0.15, -0.1) is 0 Å². The van der Waals surface area contributed by atoms with Gasteiger partial charge in [-0.25, -0.2) is 0 Å². The third kappa shape index (κ3) is 5.37. The Kier molecular flexibility index (Phi) is 7.18. The highest BCUT2D eigenvalue weighted by atomic mass is 35.5. The number of likely N-dealkylation sites (tertiary alicyclic amines) is 2. The van der Waals surface area contributed by atoms with E-state index in [1.165, 1.54) is 44.5 Å². The van der Waals surface area contributed by atoms with E-state index < -0.39 is 0 Å². The Morgan fingerprint density at radius 1 is 1.06 bits per heavy atom. The van der Waals surface area contributed by atoms with E-state index in [0.717, 1.165) is 49.5 Å². The van der Waals surface area contributed by atoms with E-state index in [9.17, 15) is 5.11 Å². The Morgan fingerprint density at radius 2 is 1.88 bits per heavy atom. The first kappa shape index (κ1) is 23.1. The Hall–Kier alpha value is -0.620. The Morgan fingerprint density at radius 3 is 2.53 bits per heavy atom. The number of halogens is 2. The van der Waals surface area contributed by atoms with Gasteiger partial charge >= 0.3 is 0 Å². The van der Waals surface area contributed by atoms with Crippen LogP contribution >= 0.6 is 34.5 Å². The van der Waals surface area contributed by atoms with E-state index in [0.29, 0.717) is 22.8 Å². The lowest BCUT2D eigenvalue weighted by molar-refractivity contribution is -0.0587. The van der Waals surface area contributed by atoms with Crippen molar-refractivity contribution in [2.24, 2.45) is 11.8 Å². The minimum absolute atomic E-state index is 0.328. The van der Waals surface area contributed by atoms with Crippen LogP contribution in [0.5, 0.6) is 0 Å². The molecule has 0 amide bonds. The van der Waals surface area contributed by atoms with Gasteiger partial charge in [0, 0.05) is 42.1 Å². The van der Waals surface area contributed by atoms with Crippen molar-refractivity contribution in [1.82, 2.24) is 9.80 Å². The van der Waals surface area contributed by atoms with Crippen LogP contribution in [0.15, 0.2) is 35.0 Å². The molecule has 5 rings (SSSR count). The van der Waals surface area contributed by atoms with E-state index in [4.69, 9.17) is 23.2 Å². The maximum atomic E-state index is 10.5. The zero-order valence-corrected chi connectivity index (χ0v) is 21.0. The van der Waals surface area contributed by atoms with Gasteiger partial charge in [0.15, 0.2) is 0 Å². The fourth-order valence-corrected chi connectivity index (χ4v) is 7.25. The maximum Gasteiger partial charge on any atom is 0.0650 e. The molecule has 3 nitrogen and oxygen atoms in total. The van der Waals surface area contributed by atoms with Gasteiger partial charge in [0.1, 0.15) is 0 Å². The van der Waals surface area contributed by atoms with Gasteiger partial charge in [0.25, 0.3) is 0 Å². The van der Waals surface area contributed by atoms with Crippen molar-refractivity contribution < 1.29 is 5.11 Å². The normalized spacial score (nSPS) is 27.0. The van der Waals surface area contributed by atoms with Crippen molar-refractivity contribution in [3.63, 3.8) is 0 Å². The van der Waals surface area contributed by atoms with Gasteiger partial charge in [0.05, 0.1) is 5.60 Å². The minimum atomic E-state index is -0.328. The van der Waals surface area contributed by atoms with Crippen LogP contribution in [0.4, 0.5) is 0 Å². The largest absolute Gasteiger partial charge is 0.390 e. The molecule has 0 radical (unpaired) electrons. The number of benzene rings is 1. The molecule has 1 aliphatic carbocycles. The van der Waals surface area contributed by atoms with Gasteiger partial charge in [0.2, 0.25) is 0 Å². The van der Waals surface area contributed by atoms with Crippen LogP contribution in [0.3, 0.4) is 0 Å². The van der Waals surface area contributed by atoms with E-state index in [1.54, 1.807) is 11.3 Å². The summed E-state index contributed by atoms with van der Waals surface area (Å²) in [5.74, 6) is 1.93. The van der Waals surface area contributed by atoms with Crippen LogP contribution in [-0.2, 0) is 6.54 Å². The first-order valence-electron chi connectivity index (χ1n) is 12.1. The smallest absolute Gasteiger partial charge is 0.0650 e. The van der Waals surface area contributed by atoms with Gasteiger partial charge in [-0.2, -0.15) is 11.3 Å². The standard InChI is InChI=1S/C26H34Cl2N2OS/c27-23-3-2-20(25(28)12-23)14-30-16-22(24(17-30)21-6-11-32-18-21)15-29-9-4-19(5-10-29)13-26(31)7-1-8-26/h2-3,6,11-12,18-19,22,24,31H,1,4-5,7-10,13-17H2. The van der Waals surface area contributed by atoms with Crippen molar-refractivity contribution in [2.75, 3.05) is 32.7 Å². The molecule has 3 heterocycles. The second kappa shape index (κ2) is 9.93. The van der Waals surface area contributed by atoms with Crippen LogP contribution in [-0.4, -0.2) is 53.2 Å². The molecule has 3 aliphatic rings. The highest BCUT2D eigenvalue weighted by Crippen LogP contribution is 2.40. The molecule has 32 heavy (non-hydrogen) atoms. The molecule has 2 saturated heterocycles. The summed E-state index contributed by atoms with van der Waals surface area (Å²) in [6.45, 7) is 6.60. The summed E-state index contributed by atoms with van der Waals surface area (Å²) in [5.41, 5.74) is 2.33. The molecule has 0 bridgehead atoms. The van der Waals surface area contributed by atoms with E-state index >= 15 is 0 Å². The molecule has 1 saturated carbocycles. The van der Waals surface area contributed by atoms with Crippen LogP contribution < -0.4 is 0 Å². The van der Waals surface area contributed by atoms with Crippen LogP contribution in [0.1, 0.15) is 55.6 Å². The highest BCUT2D eigenvalue weighted by Gasteiger charge is 2.39. The van der Waals surface area contributed by atoms with Crippen molar-refractivity contribution in [3.8, 4) is 0 Å². The van der Waals surface area contributed by atoms with E-state index in [2.05, 4.69) is 32.7 Å². The Bertz CT molecular complexity index is 893. The average molecular weight is 494 g/mol. The zero-order chi connectivity index (χ0) is 22.1. The molecular weight excluding hydrogens is 459 g/mol. The molecule has 0 spiro atoms. The molecular formula is C26H34Cl2N2OS. The predicted molar refractivity (Wildman–Crippen MR) is 135 cm³/mol. The number of thiophene rings is 1. The lowest BCUT2D eigenvalue weighted by Gasteiger charge is -2.42. The van der Waals surface area contributed by atoms with Crippen LogP contribution in [0.2, 0.25) is 10.0 Å². The zero-order valence-electron chi connectivity index (χ0n) is 18.7. The van der Waals surface area contributed by atoms with Gasteiger partial charge in [-0.3, -0.25) is 4.90 Å². The molecule has 1 aromatic heterocycles. The van der Waals surface area contributed by atoms with E-state index in [1.807, 2.05) is 12.1 Å². The predicted octanol–water partition coefficient (Wildman–Crippen LogP) is 6.29. The number of nitrogens with zero attached hydrogens (tertiary/aromatic N) is 2. The van der Waals surface area contributed by atoms with Crippen molar-refractivity contribution in [3.05, 3.63) is 56.2 Å². The van der Waals surface area contributed by atoms with Crippen molar-refractivity contribution in [2.45, 2.75) is 56.6 Å². The fourth-order valence-electron chi connectivity index (χ4n) is 6.06. The summed E-state index contributed by atoms with van der Waals surface area (Å²) in [7, 11) is 0. The lowest BCUT2D eigenvalue weighted by Crippen LogP contribution is -2.43. The third-order valence-electron chi connectivity index (χ3n) is 8.05. The molecule has 2 aromatic rings. The summed E-state index contributed by atoms with van der Waals surface area (Å²) in [6, 6.07) is 8.18. The monoisotopic (exact) mass is 492 g/mol. The molecule has 6 heteroatoms. The second-order valence-electron chi connectivity index (χ2n) is 10.4. The van der Waals surface area contributed by atoms with Crippen molar-refractivity contribution in [1.29, 1.82) is 0 Å². The molecule has 2 unspecified atom stereocenters. The number of aliphatic hydroxyl groups is 1. The Balaban J connectivity index is 1.20. The van der Waals surface area contributed by atoms with Crippen LogP contribution in [0.25, 0.3) is 0 Å². The molecule has 1 aromatic carbocycles. The molecule has 2 atom stereocenters. The average Bonchev–Trinajstić information content (AvgIpc) is 3.40. The molecule has 1 N–H and O–H groups in total. The topological polar surface area (TPSA) is 26.7 Å². The first-order chi connectivity index (χ1) is 15.5. The second-order valence-corrected chi connectivity index (χ2v) is 12.0. The quantitative estimate of drug-likeness (QED) is 0.491. The van der Waals surface area contributed by atoms with E-state index in [-0.39, 0.29) is 5.60 Å². The molecule has 2 aliphatic heterocycles. The van der Waals surface area contributed by atoms with Crippen molar-refractivity contribution >= 4 is 34.5 Å². The lowest BCUT2D eigenvalue weighted by atomic mass is 9.72. The fraction of sp³-hybridized carbons (Fsp3) is 0.615. The Labute approximate surface area is 206 Å². The molecule has 174 valence electrons. The summed E-state index contributed by atoms with van der Waals surface area (Å²) in [5, 5.41) is 16.6. The first-order valence-corrected chi connectivity index (χ1v) is 13.8.